The number of nitrogens with zero attached hydrogens (tertiary/aromatic N) is 3. The van der Waals surface area contributed by atoms with E-state index in [0.717, 1.165) is 49.7 Å². The van der Waals surface area contributed by atoms with Crippen LogP contribution in [0.25, 0.3) is 5.57 Å². The summed E-state index contributed by atoms with van der Waals surface area (Å²) in [6, 6.07) is 5.98. The van der Waals surface area contributed by atoms with E-state index in [1.165, 1.54) is 5.57 Å². The molecule has 142 valence electrons. The summed E-state index contributed by atoms with van der Waals surface area (Å²) in [7, 11) is 1.67. The lowest BCUT2D eigenvalue weighted by Crippen LogP contribution is -2.55. The van der Waals surface area contributed by atoms with Crippen LogP contribution >= 0.6 is 0 Å². The van der Waals surface area contributed by atoms with E-state index in [1.807, 2.05) is 23.1 Å². The van der Waals surface area contributed by atoms with E-state index in [9.17, 15) is 4.79 Å². The Kier molecular flexibility index (Phi) is 5.39. The Morgan fingerprint density at radius 1 is 1.15 bits per heavy atom. The number of anilines is 1. The minimum atomic E-state index is -0.339. The number of hydrogen-bond acceptors (Lipinski definition) is 4. The van der Waals surface area contributed by atoms with Gasteiger partial charge in [-0.25, -0.2) is 0 Å². The zero-order valence-corrected chi connectivity index (χ0v) is 16.7. The van der Waals surface area contributed by atoms with Crippen molar-refractivity contribution in [2.75, 3.05) is 51.3 Å². The zero-order chi connectivity index (χ0) is 18.9. The first-order valence-corrected chi connectivity index (χ1v) is 9.51. The fraction of sp³-hybridized carbons (Fsp3) is 0.571. The number of carbonyl (C=O) groups excluding carboxylic acids is 1. The van der Waals surface area contributed by atoms with Crippen molar-refractivity contribution in [2.45, 2.75) is 33.2 Å². The Hall–Kier alpha value is -1.85. The van der Waals surface area contributed by atoms with Gasteiger partial charge in [-0.3, -0.25) is 9.69 Å². The summed E-state index contributed by atoms with van der Waals surface area (Å²) in [4.78, 5) is 19.9. The average molecular weight is 357 g/mol. The lowest BCUT2D eigenvalue weighted by atomic mass is 9.88. The van der Waals surface area contributed by atoms with Crippen LogP contribution in [0.3, 0.4) is 0 Å². The molecule has 3 rings (SSSR count). The Morgan fingerprint density at radius 2 is 1.81 bits per heavy atom. The molecular formula is C21H31N3O2. The van der Waals surface area contributed by atoms with E-state index in [-0.39, 0.29) is 11.4 Å². The van der Waals surface area contributed by atoms with Gasteiger partial charge in [0.2, 0.25) is 5.91 Å². The van der Waals surface area contributed by atoms with Gasteiger partial charge in [0.25, 0.3) is 0 Å². The highest BCUT2D eigenvalue weighted by atomic mass is 16.5. The summed E-state index contributed by atoms with van der Waals surface area (Å²) in [6.07, 6.45) is 2.18. The molecule has 0 spiro atoms. The van der Waals surface area contributed by atoms with E-state index in [2.05, 4.69) is 43.6 Å². The van der Waals surface area contributed by atoms with Crippen LogP contribution < -0.4 is 9.64 Å². The van der Waals surface area contributed by atoms with Gasteiger partial charge in [0.15, 0.2) is 0 Å². The van der Waals surface area contributed by atoms with Gasteiger partial charge in [0.1, 0.15) is 5.75 Å². The summed E-state index contributed by atoms with van der Waals surface area (Å²) >= 11 is 0. The molecule has 0 N–H and O–H groups in total. The molecule has 0 aliphatic carbocycles. The second-order valence-corrected chi connectivity index (χ2v) is 7.80. The number of piperazine rings is 1. The highest BCUT2D eigenvalue weighted by molar-refractivity contribution is 6.01. The zero-order valence-electron chi connectivity index (χ0n) is 16.7. The monoisotopic (exact) mass is 357 g/mol. The number of allylic oxidation sites excluding steroid dienone is 1. The lowest BCUT2D eigenvalue weighted by molar-refractivity contribution is -0.121. The number of likely N-dealkylation sites (N-methyl/N-ethyl adjacent to an activating group) is 1. The van der Waals surface area contributed by atoms with Crippen LogP contribution in [0.4, 0.5) is 5.69 Å². The maximum absolute atomic E-state index is 13.3. The predicted octanol–water partition coefficient (Wildman–Crippen LogP) is 2.86. The third-order valence-corrected chi connectivity index (χ3v) is 5.54. The summed E-state index contributed by atoms with van der Waals surface area (Å²) in [5, 5.41) is 0. The number of rotatable bonds is 4. The van der Waals surface area contributed by atoms with Crippen molar-refractivity contribution in [1.29, 1.82) is 0 Å². The summed E-state index contributed by atoms with van der Waals surface area (Å²) in [5.41, 5.74) is 2.90. The second-order valence-electron chi connectivity index (χ2n) is 7.80. The van der Waals surface area contributed by atoms with Gasteiger partial charge in [-0.1, -0.05) is 13.0 Å². The molecule has 1 saturated heterocycles. The molecule has 0 aromatic heterocycles. The molecule has 0 unspecified atom stereocenters. The number of methoxy groups -OCH3 is 1. The minimum Gasteiger partial charge on any atom is -0.497 e. The highest BCUT2D eigenvalue weighted by Gasteiger charge is 2.36. The van der Waals surface area contributed by atoms with Gasteiger partial charge in [-0.2, -0.15) is 0 Å². The van der Waals surface area contributed by atoms with Crippen LogP contribution in [0.1, 0.15) is 33.3 Å². The standard InChI is InChI=1S/C21H31N3O2/c1-6-22-9-11-23(12-10-22)15-20(25)24-19-8-7-17(26-5)13-18(19)16(2)14-21(24,3)4/h7-8,13-14H,6,9-12,15H2,1-5H3. The third-order valence-electron chi connectivity index (χ3n) is 5.54. The van der Waals surface area contributed by atoms with Crippen molar-refractivity contribution in [2.24, 2.45) is 0 Å². The molecule has 2 heterocycles. The van der Waals surface area contributed by atoms with Gasteiger partial charge in [-0.15, -0.1) is 0 Å². The Morgan fingerprint density at radius 3 is 2.42 bits per heavy atom. The van der Waals surface area contributed by atoms with Crippen molar-refractivity contribution >= 4 is 17.2 Å². The van der Waals surface area contributed by atoms with Crippen molar-refractivity contribution in [3.63, 3.8) is 0 Å². The largest absolute Gasteiger partial charge is 0.497 e. The number of ether oxygens (including phenoxy) is 1. The topological polar surface area (TPSA) is 36.0 Å². The lowest BCUT2D eigenvalue weighted by Gasteiger charge is -2.43. The SMILES string of the molecule is CCN1CCN(CC(=O)N2c3ccc(OC)cc3C(C)=CC2(C)C)CC1. The molecule has 2 aliphatic rings. The quantitative estimate of drug-likeness (QED) is 0.830. The molecule has 2 aliphatic heterocycles. The average Bonchev–Trinajstić information content (AvgIpc) is 2.61. The number of benzene rings is 1. The Balaban J connectivity index is 1.83. The van der Waals surface area contributed by atoms with Crippen molar-refractivity contribution in [3.8, 4) is 5.75 Å². The van der Waals surface area contributed by atoms with E-state index in [0.29, 0.717) is 6.54 Å². The molecule has 5 nitrogen and oxygen atoms in total. The van der Waals surface area contributed by atoms with Crippen LogP contribution in [-0.2, 0) is 4.79 Å². The summed E-state index contributed by atoms with van der Waals surface area (Å²) in [6.45, 7) is 14.1. The van der Waals surface area contributed by atoms with E-state index < -0.39 is 0 Å². The smallest absolute Gasteiger partial charge is 0.241 e. The van der Waals surface area contributed by atoms with Crippen LogP contribution in [0.2, 0.25) is 0 Å². The normalized spacial score (nSPS) is 20.5. The molecular weight excluding hydrogens is 326 g/mol. The van der Waals surface area contributed by atoms with Crippen molar-refractivity contribution < 1.29 is 9.53 Å². The Labute approximate surface area is 157 Å². The minimum absolute atomic E-state index is 0.162. The molecule has 1 aromatic rings. The highest BCUT2D eigenvalue weighted by Crippen LogP contribution is 2.40. The fourth-order valence-electron chi connectivity index (χ4n) is 4.12. The molecule has 1 amide bonds. The van der Waals surface area contributed by atoms with Gasteiger partial charge >= 0.3 is 0 Å². The maximum atomic E-state index is 13.3. The van der Waals surface area contributed by atoms with E-state index in [1.54, 1.807) is 7.11 Å². The molecule has 0 saturated carbocycles. The number of fused-ring (bicyclic) bond motifs is 1. The summed E-state index contributed by atoms with van der Waals surface area (Å²) in [5.74, 6) is 0.981. The first-order chi connectivity index (χ1) is 12.4. The van der Waals surface area contributed by atoms with E-state index >= 15 is 0 Å². The van der Waals surface area contributed by atoms with Crippen LogP contribution in [0.15, 0.2) is 24.3 Å². The molecule has 1 aromatic carbocycles. The van der Waals surface area contributed by atoms with Crippen LogP contribution in [-0.4, -0.2) is 67.6 Å². The second kappa shape index (κ2) is 7.41. The first kappa shape index (κ1) is 18.9. The summed E-state index contributed by atoms with van der Waals surface area (Å²) < 4.78 is 5.37. The number of hydrogen-bond donors (Lipinski definition) is 0. The number of amides is 1. The number of carbonyl (C=O) groups is 1. The van der Waals surface area contributed by atoms with Crippen LogP contribution in [0, 0.1) is 0 Å². The molecule has 1 fully saturated rings. The predicted molar refractivity (Wildman–Crippen MR) is 107 cm³/mol. The van der Waals surface area contributed by atoms with Crippen molar-refractivity contribution in [1.82, 2.24) is 9.80 Å². The van der Waals surface area contributed by atoms with Gasteiger partial charge in [-0.05, 0) is 51.1 Å². The molecule has 5 heteroatoms. The van der Waals surface area contributed by atoms with Crippen LogP contribution in [0.5, 0.6) is 5.75 Å². The van der Waals surface area contributed by atoms with Crippen molar-refractivity contribution in [3.05, 3.63) is 29.8 Å². The van der Waals surface area contributed by atoms with Gasteiger partial charge in [0, 0.05) is 31.7 Å². The molecule has 0 bridgehead atoms. The molecule has 26 heavy (non-hydrogen) atoms. The maximum Gasteiger partial charge on any atom is 0.241 e. The van der Waals surface area contributed by atoms with Gasteiger partial charge in [0.05, 0.1) is 24.9 Å². The molecule has 0 atom stereocenters. The first-order valence-electron chi connectivity index (χ1n) is 9.51. The molecule has 0 radical (unpaired) electrons. The third kappa shape index (κ3) is 3.64. The van der Waals surface area contributed by atoms with Gasteiger partial charge < -0.3 is 14.5 Å². The van der Waals surface area contributed by atoms with E-state index in [4.69, 9.17) is 4.74 Å². The fourth-order valence-corrected chi connectivity index (χ4v) is 4.12. The Bertz CT molecular complexity index is 703.